The van der Waals surface area contributed by atoms with Crippen LogP contribution >= 0.6 is 0 Å². The van der Waals surface area contributed by atoms with Crippen LogP contribution in [0.15, 0.2) is 0 Å². The standard InChI is InChI=1S/C25H50O4/c1-10-16-23(12-3,13-4)26-28-25(19-18-22(8,9)21(7)20-25)29-27-24(14-5,15-6)17-11-2/h21H,10-20H2,1-9H3. The molecule has 0 aromatic rings. The van der Waals surface area contributed by atoms with Crippen molar-refractivity contribution in [2.24, 2.45) is 11.3 Å². The van der Waals surface area contributed by atoms with Crippen molar-refractivity contribution in [3.05, 3.63) is 0 Å². The Bertz CT molecular complexity index is 426. The molecule has 1 aliphatic rings. The Morgan fingerprint density at radius 3 is 1.45 bits per heavy atom. The summed E-state index contributed by atoms with van der Waals surface area (Å²) < 4.78 is 0. The minimum absolute atomic E-state index is 0.253. The molecule has 0 saturated heterocycles. The van der Waals surface area contributed by atoms with E-state index in [1.165, 1.54) is 0 Å². The number of rotatable bonds is 14. The first-order chi connectivity index (χ1) is 13.6. The Labute approximate surface area is 181 Å². The van der Waals surface area contributed by atoms with Gasteiger partial charge in [-0.25, -0.2) is 9.78 Å². The van der Waals surface area contributed by atoms with Gasteiger partial charge in [0.2, 0.25) is 5.79 Å². The molecule has 0 spiro atoms. The molecule has 0 aromatic carbocycles. The largest absolute Gasteiger partial charge is 0.234 e. The molecular weight excluding hydrogens is 364 g/mol. The first-order valence-corrected chi connectivity index (χ1v) is 12.3. The van der Waals surface area contributed by atoms with Crippen LogP contribution in [0.5, 0.6) is 0 Å². The van der Waals surface area contributed by atoms with Crippen molar-refractivity contribution in [2.75, 3.05) is 0 Å². The number of hydrogen-bond donors (Lipinski definition) is 0. The van der Waals surface area contributed by atoms with E-state index >= 15 is 0 Å². The second-order valence-corrected chi connectivity index (χ2v) is 10.1. The van der Waals surface area contributed by atoms with Gasteiger partial charge in [0, 0.05) is 12.8 Å². The highest BCUT2D eigenvalue weighted by molar-refractivity contribution is 4.89. The average Bonchev–Trinajstić information content (AvgIpc) is 2.72. The average molecular weight is 415 g/mol. The van der Waals surface area contributed by atoms with Crippen LogP contribution < -0.4 is 0 Å². The lowest BCUT2D eigenvalue weighted by Gasteiger charge is -2.47. The fourth-order valence-electron chi connectivity index (χ4n) is 4.54. The maximum atomic E-state index is 6.25. The summed E-state index contributed by atoms with van der Waals surface area (Å²) in [6.45, 7) is 20.1. The summed E-state index contributed by atoms with van der Waals surface area (Å²) >= 11 is 0. The van der Waals surface area contributed by atoms with E-state index in [2.05, 4.69) is 62.3 Å². The summed E-state index contributed by atoms with van der Waals surface area (Å²) in [6.07, 6.45) is 10.4. The predicted octanol–water partition coefficient (Wildman–Crippen LogP) is 8.14. The van der Waals surface area contributed by atoms with Gasteiger partial charge >= 0.3 is 0 Å². The smallest absolute Gasteiger partial charge is 0.227 e. The van der Waals surface area contributed by atoms with Crippen LogP contribution in [0.4, 0.5) is 0 Å². The Kier molecular flexibility index (Phi) is 10.6. The molecule has 29 heavy (non-hydrogen) atoms. The van der Waals surface area contributed by atoms with Gasteiger partial charge in [-0.2, -0.15) is 9.78 Å². The van der Waals surface area contributed by atoms with Crippen LogP contribution in [0.2, 0.25) is 0 Å². The van der Waals surface area contributed by atoms with Gasteiger partial charge in [-0.1, -0.05) is 75.2 Å². The molecule has 1 atom stereocenters. The molecule has 0 radical (unpaired) electrons. The Hall–Kier alpha value is -0.160. The van der Waals surface area contributed by atoms with Gasteiger partial charge in [0.15, 0.2) is 0 Å². The van der Waals surface area contributed by atoms with Crippen molar-refractivity contribution in [3.8, 4) is 0 Å². The monoisotopic (exact) mass is 414 g/mol. The van der Waals surface area contributed by atoms with Gasteiger partial charge < -0.3 is 0 Å². The molecule has 0 aromatic heterocycles. The summed E-state index contributed by atoms with van der Waals surface area (Å²) in [5, 5.41) is 0. The normalized spacial score (nSPS) is 22.0. The lowest BCUT2D eigenvalue weighted by Crippen LogP contribution is -2.49. The van der Waals surface area contributed by atoms with Crippen molar-refractivity contribution in [1.29, 1.82) is 0 Å². The zero-order valence-electron chi connectivity index (χ0n) is 21.0. The molecule has 1 aliphatic carbocycles. The maximum Gasteiger partial charge on any atom is 0.234 e. The van der Waals surface area contributed by atoms with Crippen molar-refractivity contribution >= 4 is 0 Å². The van der Waals surface area contributed by atoms with E-state index in [-0.39, 0.29) is 16.6 Å². The van der Waals surface area contributed by atoms with Crippen molar-refractivity contribution in [1.82, 2.24) is 0 Å². The van der Waals surface area contributed by atoms with Gasteiger partial charge in [-0.05, 0) is 56.3 Å². The van der Waals surface area contributed by atoms with Crippen molar-refractivity contribution < 1.29 is 19.6 Å². The molecule has 1 rings (SSSR count). The van der Waals surface area contributed by atoms with E-state index in [1.54, 1.807) is 0 Å². The lowest BCUT2D eigenvalue weighted by molar-refractivity contribution is -0.556. The van der Waals surface area contributed by atoms with E-state index in [0.29, 0.717) is 5.92 Å². The zero-order chi connectivity index (χ0) is 22.2. The Balaban J connectivity index is 3.04. The lowest BCUT2D eigenvalue weighted by atomic mass is 9.68. The summed E-state index contributed by atoms with van der Waals surface area (Å²) in [5.41, 5.74) is -0.239. The molecule has 0 N–H and O–H groups in total. The van der Waals surface area contributed by atoms with E-state index in [0.717, 1.165) is 70.6 Å². The molecule has 4 heteroatoms. The Morgan fingerprint density at radius 2 is 1.14 bits per heavy atom. The predicted molar refractivity (Wildman–Crippen MR) is 120 cm³/mol. The van der Waals surface area contributed by atoms with Crippen molar-refractivity contribution in [3.63, 3.8) is 0 Å². The minimum Gasteiger partial charge on any atom is -0.227 e. The fourth-order valence-corrected chi connectivity index (χ4v) is 4.54. The highest BCUT2D eigenvalue weighted by Gasteiger charge is 2.49. The van der Waals surface area contributed by atoms with Gasteiger partial charge in [0.1, 0.15) is 11.2 Å². The highest BCUT2D eigenvalue weighted by Crippen LogP contribution is 2.48. The number of hydrogen-bond acceptors (Lipinski definition) is 4. The quantitative estimate of drug-likeness (QED) is 0.163. The second-order valence-electron chi connectivity index (χ2n) is 10.1. The zero-order valence-corrected chi connectivity index (χ0v) is 21.0. The maximum absolute atomic E-state index is 6.25. The third-order valence-electron chi connectivity index (χ3n) is 7.83. The highest BCUT2D eigenvalue weighted by atomic mass is 17.3. The van der Waals surface area contributed by atoms with Crippen LogP contribution in [0.3, 0.4) is 0 Å². The molecule has 174 valence electrons. The molecular formula is C25H50O4. The van der Waals surface area contributed by atoms with Crippen LogP contribution in [0.1, 0.15) is 133 Å². The summed E-state index contributed by atoms with van der Waals surface area (Å²) in [6, 6.07) is 0. The molecule has 4 nitrogen and oxygen atoms in total. The van der Waals surface area contributed by atoms with Crippen LogP contribution in [-0.2, 0) is 19.6 Å². The molecule has 1 unspecified atom stereocenters. The van der Waals surface area contributed by atoms with Gasteiger partial charge in [0.05, 0.1) is 0 Å². The van der Waals surface area contributed by atoms with Gasteiger partial charge in [-0.15, -0.1) is 0 Å². The molecule has 0 amide bonds. The van der Waals surface area contributed by atoms with E-state index in [9.17, 15) is 0 Å². The summed E-state index contributed by atoms with van der Waals surface area (Å²) in [7, 11) is 0. The topological polar surface area (TPSA) is 36.9 Å². The van der Waals surface area contributed by atoms with E-state index in [4.69, 9.17) is 19.6 Å². The van der Waals surface area contributed by atoms with Crippen LogP contribution in [0, 0.1) is 11.3 Å². The van der Waals surface area contributed by atoms with Crippen molar-refractivity contribution in [2.45, 2.75) is 150 Å². The summed E-state index contributed by atoms with van der Waals surface area (Å²) in [4.78, 5) is 24.9. The molecule has 1 saturated carbocycles. The first-order valence-electron chi connectivity index (χ1n) is 12.3. The van der Waals surface area contributed by atoms with Gasteiger partial charge in [-0.3, -0.25) is 0 Å². The SMILES string of the molecule is CCCC(CC)(CC)OOC1(OOC(CC)(CC)CCC)CCC(C)(C)C(C)C1. The summed E-state index contributed by atoms with van der Waals surface area (Å²) in [5.74, 6) is -0.377. The second kappa shape index (κ2) is 11.5. The Morgan fingerprint density at radius 1 is 0.724 bits per heavy atom. The van der Waals surface area contributed by atoms with Crippen LogP contribution in [0.25, 0.3) is 0 Å². The van der Waals surface area contributed by atoms with Gasteiger partial charge in [0.25, 0.3) is 0 Å². The third kappa shape index (κ3) is 6.92. The van der Waals surface area contributed by atoms with E-state index in [1.807, 2.05) is 0 Å². The van der Waals surface area contributed by atoms with Crippen LogP contribution in [-0.4, -0.2) is 17.0 Å². The molecule has 0 aliphatic heterocycles. The molecule has 0 bridgehead atoms. The first kappa shape index (κ1) is 26.9. The van der Waals surface area contributed by atoms with E-state index < -0.39 is 5.79 Å². The minimum atomic E-state index is -0.832. The molecule has 0 heterocycles. The fraction of sp³-hybridized carbons (Fsp3) is 1.00. The third-order valence-corrected chi connectivity index (χ3v) is 7.83. The molecule has 1 fully saturated rings.